The molecule has 0 aliphatic carbocycles. The second-order valence-corrected chi connectivity index (χ2v) is 4.10. The lowest BCUT2D eigenvalue weighted by atomic mass is 10.2. The first kappa shape index (κ1) is 13.0. The average molecular weight is 267 g/mol. The summed E-state index contributed by atoms with van der Waals surface area (Å²) in [6, 6.07) is 4.92. The molecular weight excluding hydrogens is 256 g/mol. The van der Waals surface area contributed by atoms with E-state index in [0.717, 1.165) is 11.4 Å². The lowest BCUT2D eigenvalue weighted by molar-refractivity contribution is -0.385. The molecule has 0 radical (unpaired) electrons. The summed E-state index contributed by atoms with van der Waals surface area (Å²) in [5, 5.41) is 10.5. The molecular formula is C12H11F2N3O2. The number of nitro benzene ring substituents is 1. The second kappa shape index (κ2) is 4.68. The van der Waals surface area contributed by atoms with E-state index in [4.69, 9.17) is 0 Å². The smallest absolute Gasteiger partial charge is 0.275 e. The number of nitrogens with zero attached hydrogens (tertiary/aromatic N) is 2. The van der Waals surface area contributed by atoms with Crippen LogP contribution < -0.4 is 5.43 Å². The van der Waals surface area contributed by atoms with Gasteiger partial charge in [-0.15, -0.1) is 0 Å². The molecule has 0 fully saturated rings. The predicted octanol–water partition coefficient (Wildman–Crippen LogP) is 3.17. The summed E-state index contributed by atoms with van der Waals surface area (Å²) in [4.78, 5) is 9.64. The second-order valence-electron chi connectivity index (χ2n) is 4.10. The Bertz CT molecular complexity index is 610. The van der Waals surface area contributed by atoms with Crippen LogP contribution in [0.5, 0.6) is 0 Å². The molecule has 7 heteroatoms. The number of rotatable bonds is 3. The van der Waals surface area contributed by atoms with Gasteiger partial charge in [0.05, 0.1) is 17.1 Å². The lowest BCUT2D eigenvalue weighted by Crippen LogP contribution is -2.14. The van der Waals surface area contributed by atoms with Crippen LogP contribution in [0, 0.1) is 35.6 Å². The molecule has 1 aromatic carbocycles. The zero-order valence-electron chi connectivity index (χ0n) is 10.3. The number of hydrogen-bond acceptors (Lipinski definition) is 3. The van der Waals surface area contributed by atoms with Gasteiger partial charge in [-0.3, -0.25) is 20.2 Å². The van der Waals surface area contributed by atoms with Gasteiger partial charge in [-0.05, 0) is 26.0 Å². The summed E-state index contributed by atoms with van der Waals surface area (Å²) in [6.45, 7) is 3.53. The van der Waals surface area contributed by atoms with Gasteiger partial charge in [0.25, 0.3) is 5.69 Å². The zero-order chi connectivity index (χ0) is 14.2. The van der Waals surface area contributed by atoms with E-state index in [1.165, 1.54) is 4.68 Å². The Morgan fingerprint density at radius 1 is 1.16 bits per heavy atom. The van der Waals surface area contributed by atoms with Crippen LogP contribution in [0.4, 0.5) is 20.2 Å². The number of aryl methyl sites for hydroxylation is 2. The van der Waals surface area contributed by atoms with Crippen molar-refractivity contribution >= 4 is 11.4 Å². The number of anilines is 1. The van der Waals surface area contributed by atoms with E-state index in [-0.39, 0.29) is 0 Å². The largest absolute Gasteiger partial charge is 0.289 e. The Balaban J connectivity index is 2.44. The number of aromatic nitrogens is 1. The van der Waals surface area contributed by atoms with Crippen LogP contribution in [0.2, 0.25) is 0 Å². The molecule has 0 saturated carbocycles. The van der Waals surface area contributed by atoms with Crippen LogP contribution in [-0.4, -0.2) is 9.60 Å². The van der Waals surface area contributed by atoms with Gasteiger partial charge >= 0.3 is 0 Å². The van der Waals surface area contributed by atoms with Gasteiger partial charge in [-0.2, -0.15) is 0 Å². The molecule has 2 rings (SSSR count). The molecule has 0 atom stereocenters. The molecule has 5 nitrogen and oxygen atoms in total. The molecule has 0 bridgehead atoms. The Labute approximate surface area is 107 Å². The molecule has 1 aromatic heterocycles. The van der Waals surface area contributed by atoms with Crippen LogP contribution in [0.1, 0.15) is 11.4 Å². The fourth-order valence-corrected chi connectivity index (χ4v) is 1.73. The topological polar surface area (TPSA) is 60.1 Å². The summed E-state index contributed by atoms with van der Waals surface area (Å²) >= 11 is 0. The maximum absolute atomic E-state index is 13.7. The number of nitro groups is 1. The van der Waals surface area contributed by atoms with Crippen molar-refractivity contribution in [3.8, 4) is 0 Å². The van der Waals surface area contributed by atoms with Crippen LogP contribution >= 0.6 is 0 Å². The van der Waals surface area contributed by atoms with E-state index in [0.29, 0.717) is 12.1 Å². The van der Waals surface area contributed by atoms with E-state index >= 15 is 0 Å². The van der Waals surface area contributed by atoms with Gasteiger partial charge < -0.3 is 0 Å². The van der Waals surface area contributed by atoms with Crippen LogP contribution in [-0.2, 0) is 0 Å². The fraction of sp³-hybridized carbons (Fsp3) is 0.167. The summed E-state index contributed by atoms with van der Waals surface area (Å²) in [7, 11) is 0. The van der Waals surface area contributed by atoms with Gasteiger partial charge in [0.1, 0.15) is 5.69 Å². The summed E-state index contributed by atoms with van der Waals surface area (Å²) in [5.41, 5.74) is 3.04. The molecule has 0 unspecified atom stereocenters. The number of non-ortho nitro benzene ring substituents is 1. The Morgan fingerprint density at radius 2 is 1.63 bits per heavy atom. The van der Waals surface area contributed by atoms with Gasteiger partial charge in [0, 0.05) is 11.4 Å². The quantitative estimate of drug-likeness (QED) is 0.686. The first-order chi connectivity index (χ1) is 8.90. The van der Waals surface area contributed by atoms with Crippen molar-refractivity contribution in [2.24, 2.45) is 0 Å². The third-order valence-electron chi connectivity index (χ3n) is 2.73. The van der Waals surface area contributed by atoms with Gasteiger partial charge in [0.2, 0.25) is 0 Å². The average Bonchev–Trinajstić information content (AvgIpc) is 2.64. The minimum Gasteiger partial charge on any atom is -0.289 e. The van der Waals surface area contributed by atoms with Crippen LogP contribution in [0.25, 0.3) is 0 Å². The summed E-state index contributed by atoms with van der Waals surface area (Å²) < 4.78 is 28.9. The molecule has 100 valence electrons. The van der Waals surface area contributed by atoms with Crippen molar-refractivity contribution in [3.05, 3.63) is 57.4 Å². The highest BCUT2D eigenvalue weighted by molar-refractivity contribution is 5.52. The van der Waals surface area contributed by atoms with Crippen LogP contribution in [0.3, 0.4) is 0 Å². The number of hydrogen-bond donors (Lipinski definition) is 1. The van der Waals surface area contributed by atoms with E-state index in [1.54, 1.807) is 26.0 Å². The third kappa shape index (κ3) is 2.40. The molecule has 0 aliphatic rings. The Hall–Kier alpha value is -2.44. The van der Waals surface area contributed by atoms with Crippen molar-refractivity contribution in [1.29, 1.82) is 0 Å². The monoisotopic (exact) mass is 267 g/mol. The molecule has 0 spiro atoms. The lowest BCUT2D eigenvalue weighted by Gasteiger charge is -2.13. The van der Waals surface area contributed by atoms with Crippen molar-refractivity contribution in [3.63, 3.8) is 0 Å². The van der Waals surface area contributed by atoms with Crippen molar-refractivity contribution in [1.82, 2.24) is 4.68 Å². The Morgan fingerprint density at radius 3 is 2.05 bits per heavy atom. The maximum atomic E-state index is 13.7. The predicted molar refractivity (Wildman–Crippen MR) is 65.9 cm³/mol. The molecule has 19 heavy (non-hydrogen) atoms. The molecule has 2 aromatic rings. The molecule has 0 saturated heterocycles. The van der Waals surface area contributed by atoms with Gasteiger partial charge in [0.15, 0.2) is 11.6 Å². The normalized spacial score (nSPS) is 10.5. The number of benzene rings is 1. The zero-order valence-corrected chi connectivity index (χ0v) is 10.3. The van der Waals surface area contributed by atoms with Gasteiger partial charge in [-0.25, -0.2) is 8.78 Å². The van der Waals surface area contributed by atoms with Crippen molar-refractivity contribution < 1.29 is 13.7 Å². The maximum Gasteiger partial charge on any atom is 0.275 e. The summed E-state index contributed by atoms with van der Waals surface area (Å²) in [6.07, 6.45) is 0. The highest BCUT2D eigenvalue weighted by Gasteiger charge is 2.17. The minimum absolute atomic E-state index is 0.423. The molecule has 1 N–H and O–H groups in total. The first-order valence-electron chi connectivity index (χ1n) is 5.45. The van der Waals surface area contributed by atoms with Gasteiger partial charge in [-0.1, -0.05) is 0 Å². The highest BCUT2D eigenvalue weighted by Crippen LogP contribution is 2.25. The molecule has 0 amide bonds. The van der Waals surface area contributed by atoms with Crippen molar-refractivity contribution in [2.45, 2.75) is 13.8 Å². The third-order valence-corrected chi connectivity index (χ3v) is 2.73. The van der Waals surface area contributed by atoms with Crippen LogP contribution in [0.15, 0.2) is 24.3 Å². The van der Waals surface area contributed by atoms with Crippen molar-refractivity contribution in [2.75, 3.05) is 5.43 Å². The van der Waals surface area contributed by atoms with E-state index in [9.17, 15) is 18.9 Å². The fourth-order valence-electron chi connectivity index (χ4n) is 1.73. The SMILES string of the molecule is Cc1ccc(C)n1Nc1c(F)cc([N+](=O)[O-])cc1F. The van der Waals surface area contributed by atoms with E-state index in [1.807, 2.05) is 0 Å². The van der Waals surface area contributed by atoms with E-state index < -0.39 is 27.9 Å². The summed E-state index contributed by atoms with van der Waals surface area (Å²) in [5.74, 6) is -2.03. The number of nitrogens with one attached hydrogen (secondary N) is 1. The number of halogens is 2. The molecule has 1 heterocycles. The van der Waals surface area contributed by atoms with E-state index in [2.05, 4.69) is 5.43 Å². The Kier molecular flexibility index (Phi) is 3.20. The first-order valence-corrected chi connectivity index (χ1v) is 5.45. The molecule has 0 aliphatic heterocycles. The minimum atomic E-state index is -1.01. The highest BCUT2D eigenvalue weighted by atomic mass is 19.1. The standard InChI is InChI=1S/C12H11F2N3O2/c1-7-3-4-8(2)16(7)15-12-10(13)5-9(17(18)19)6-11(12)14/h3-6,15H,1-2H3.